The van der Waals surface area contributed by atoms with Gasteiger partial charge in [0.2, 0.25) is 0 Å². The molecule has 0 amide bonds. The molecule has 2 aromatic rings. The van der Waals surface area contributed by atoms with Gasteiger partial charge in [0.25, 0.3) is 0 Å². The van der Waals surface area contributed by atoms with Crippen LogP contribution in [0.2, 0.25) is 0 Å². The Balaban J connectivity index is 1.90. The third kappa shape index (κ3) is 4.28. The van der Waals surface area contributed by atoms with Crippen LogP contribution in [-0.2, 0) is 9.53 Å². The Bertz CT molecular complexity index is 537. The van der Waals surface area contributed by atoms with Crippen molar-refractivity contribution in [3.8, 4) is 16.9 Å². The summed E-state index contributed by atoms with van der Waals surface area (Å²) in [5.41, 5.74) is 2.24. The van der Waals surface area contributed by atoms with Crippen LogP contribution < -0.4 is 4.74 Å². The minimum absolute atomic E-state index is 0.110. The summed E-state index contributed by atoms with van der Waals surface area (Å²) in [7, 11) is 0. The second-order valence-corrected chi connectivity index (χ2v) is 4.47. The molecule has 0 saturated heterocycles. The van der Waals surface area contributed by atoms with Crippen molar-refractivity contribution in [1.82, 2.24) is 0 Å². The maximum absolute atomic E-state index is 11.3. The van der Waals surface area contributed by atoms with E-state index in [4.69, 9.17) is 21.1 Å². The Morgan fingerprint density at radius 3 is 2.25 bits per heavy atom. The molecule has 0 fully saturated rings. The fourth-order valence-electron chi connectivity index (χ4n) is 1.71. The summed E-state index contributed by atoms with van der Waals surface area (Å²) in [6.45, 7) is 0.0955. The molecule has 0 radical (unpaired) electrons. The number of carbonyl (C=O) groups is 1. The van der Waals surface area contributed by atoms with Crippen LogP contribution in [0.25, 0.3) is 11.1 Å². The van der Waals surface area contributed by atoms with E-state index in [9.17, 15) is 4.79 Å². The van der Waals surface area contributed by atoms with Gasteiger partial charge in [0.15, 0.2) is 6.61 Å². The number of ether oxygens (including phenoxy) is 2. The highest BCUT2D eigenvalue weighted by molar-refractivity contribution is 6.18. The molecule has 0 atom stereocenters. The zero-order valence-electron chi connectivity index (χ0n) is 10.9. The summed E-state index contributed by atoms with van der Waals surface area (Å²) in [5.74, 6) is 0.502. The molecule has 4 heteroatoms. The zero-order chi connectivity index (χ0) is 14.2. The number of rotatable bonds is 6. The average molecular weight is 291 g/mol. The number of hydrogen-bond donors (Lipinski definition) is 0. The first-order chi connectivity index (χ1) is 9.79. The summed E-state index contributed by atoms with van der Waals surface area (Å²) in [4.78, 5) is 11.3. The van der Waals surface area contributed by atoms with Crippen LogP contribution in [0.1, 0.15) is 0 Å². The lowest BCUT2D eigenvalue weighted by Crippen LogP contribution is -2.15. The minimum Gasteiger partial charge on any atom is -0.482 e. The standard InChI is InChI=1S/C16H15ClO3/c17-10-11-19-16(18)12-20-15-8-6-14(7-9-15)13-4-2-1-3-5-13/h1-9H,10-12H2. The van der Waals surface area contributed by atoms with Crippen molar-refractivity contribution in [1.29, 1.82) is 0 Å². The molecule has 0 aromatic heterocycles. The van der Waals surface area contributed by atoms with Gasteiger partial charge in [0.1, 0.15) is 12.4 Å². The number of benzene rings is 2. The van der Waals surface area contributed by atoms with Gasteiger partial charge in [0.05, 0.1) is 5.88 Å². The van der Waals surface area contributed by atoms with Crippen molar-refractivity contribution in [3.63, 3.8) is 0 Å². The number of halogens is 1. The quantitative estimate of drug-likeness (QED) is 0.603. The summed E-state index contributed by atoms with van der Waals surface area (Å²) in [6.07, 6.45) is 0. The van der Waals surface area contributed by atoms with Crippen molar-refractivity contribution in [2.24, 2.45) is 0 Å². The van der Waals surface area contributed by atoms with Crippen LogP contribution in [0.3, 0.4) is 0 Å². The van der Waals surface area contributed by atoms with Gasteiger partial charge in [-0.25, -0.2) is 4.79 Å². The molecule has 0 N–H and O–H groups in total. The molecule has 0 unspecified atom stereocenters. The van der Waals surface area contributed by atoms with E-state index in [1.807, 2.05) is 54.6 Å². The van der Waals surface area contributed by atoms with Gasteiger partial charge in [-0.05, 0) is 23.3 Å². The largest absolute Gasteiger partial charge is 0.482 e. The molecule has 0 aliphatic rings. The van der Waals surface area contributed by atoms with Crippen LogP contribution in [-0.4, -0.2) is 25.1 Å². The first-order valence-corrected chi connectivity index (χ1v) is 6.83. The predicted octanol–water partition coefficient (Wildman–Crippen LogP) is 3.51. The van der Waals surface area contributed by atoms with E-state index in [-0.39, 0.29) is 19.1 Å². The van der Waals surface area contributed by atoms with Crippen molar-refractivity contribution >= 4 is 17.6 Å². The Labute approximate surface area is 123 Å². The fourth-order valence-corrected chi connectivity index (χ4v) is 1.79. The first kappa shape index (κ1) is 14.4. The molecule has 104 valence electrons. The smallest absolute Gasteiger partial charge is 0.344 e. The van der Waals surface area contributed by atoms with Gasteiger partial charge >= 0.3 is 5.97 Å². The Hall–Kier alpha value is -2.00. The highest BCUT2D eigenvalue weighted by atomic mass is 35.5. The van der Waals surface area contributed by atoms with E-state index in [0.717, 1.165) is 11.1 Å². The Morgan fingerprint density at radius 2 is 1.60 bits per heavy atom. The first-order valence-electron chi connectivity index (χ1n) is 6.29. The molecule has 3 nitrogen and oxygen atoms in total. The topological polar surface area (TPSA) is 35.5 Å². The van der Waals surface area contributed by atoms with Crippen molar-refractivity contribution in [2.45, 2.75) is 0 Å². The fraction of sp³-hybridized carbons (Fsp3) is 0.188. The lowest BCUT2D eigenvalue weighted by molar-refractivity contribution is -0.145. The van der Waals surface area contributed by atoms with E-state index < -0.39 is 5.97 Å². The number of alkyl halides is 1. The summed E-state index contributed by atoms with van der Waals surface area (Å²) in [5, 5.41) is 0. The second kappa shape index (κ2) is 7.56. The van der Waals surface area contributed by atoms with E-state index in [2.05, 4.69) is 0 Å². The molecule has 0 heterocycles. The Kier molecular flexibility index (Phi) is 5.44. The molecule has 0 saturated carbocycles. The molecule has 20 heavy (non-hydrogen) atoms. The van der Waals surface area contributed by atoms with Crippen molar-refractivity contribution in [3.05, 3.63) is 54.6 Å². The lowest BCUT2D eigenvalue weighted by atomic mass is 10.1. The average Bonchev–Trinajstić information content (AvgIpc) is 2.52. The third-order valence-electron chi connectivity index (χ3n) is 2.66. The lowest BCUT2D eigenvalue weighted by Gasteiger charge is -2.07. The minimum atomic E-state index is -0.419. The van der Waals surface area contributed by atoms with Crippen LogP contribution in [0.5, 0.6) is 5.75 Å². The van der Waals surface area contributed by atoms with Crippen LogP contribution in [0.15, 0.2) is 54.6 Å². The van der Waals surface area contributed by atoms with Gasteiger partial charge in [-0.2, -0.15) is 0 Å². The highest BCUT2D eigenvalue weighted by Gasteiger charge is 2.04. The van der Waals surface area contributed by atoms with Crippen LogP contribution in [0.4, 0.5) is 0 Å². The van der Waals surface area contributed by atoms with Gasteiger partial charge in [-0.15, -0.1) is 11.6 Å². The molecule has 0 aliphatic heterocycles. The molecule has 0 aliphatic carbocycles. The summed E-state index contributed by atoms with van der Waals surface area (Å²) >= 11 is 5.42. The molecular weight excluding hydrogens is 276 g/mol. The maximum atomic E-state index is 11.3. The molecule has 0 bridgehead atoms. The number of carbonyl (C=O) groups excluding carboxylic acids is 1. The van der Waals surface area contributed by atoms with Crippen LogP contribution in [0, 0.1) is 0 Å². The van der Waals surface area contributed by atoms with E-state index in [1.54, 1.807) is 0 Å². The van der Waals surface area contributed by atoms with Gasteiger partial charge in [-0.1, -0.05) is 42.5 Å². The maximum Gasteiger partial charge on any atom is 0.344 e. The van der Waals surface area contributed by atoms with Gasteiger partial charge < -0.3 is 9.47 Å². The molecular formula is C16H15ClO3. The summed E-state index contributed by atoms with van der Waals surface area (Å²) in [6, 6.07) is 17.6. The van der Waals surface area contributed by atoms with Crippen LogP contribution >= 0.6 is 11.6 Å². The SMILES string of the molecule is O=C(COc1ccc(-c2ccccc2)cc1)OCCCl. The van der Waals surface area contributed by atoms with Crippen molar-refractivity contribution < 1.29 is 14.3 Å². The second-order valence-electron chi connectivity index (χ2n) is 4.09. The molecule has 0 spiro atoms. The molecule has 2 aromatic carbocycles. The Morgan fingerprint density at radius 1 is 0.950 bits per heavy atom. The van der Waals surface area contributed by atoms with Gasteiger partial charge in [0, 0.05) is 0 Å². The zero-order valence-corrected chi connectivity index (χ0v) is 11.7. The van der Waals surface area contributed by atoms with Gasteiger partial charge in [-0.3, -0.25) is 0 Å². The van der Waals surface area contributed by atoms with Crippen molar-refractivity contribution in [2.75, 3.05) is 19.1 Å². The highest BCUT2D eigenvalue weighted by Crippen LogP contribution is 2.21. The number of hydrogen-bond acceptors (Lipinski definition) is 3. The summed E-state index contributed by atoms with van der Waals surface area (Å²) < 4.78 is 10.1. The molecule has 2 rings (SSSR count). The normalized spacial score (nSPS) is 10.1. The monoisotopic (exact) mass is 290 g/mol. The van der Waals surface area contributed by atoms with E-state index in [0.29, 0.717) is 5.75 Å². The number of esters is 1. The predicted molar refractivity (Wildman–Crippen MR) is 79.1 cm³/mol. The van der Waals surface area contributed by atoms with E-state index in [1.165, 1.54) is 0 Å². The third-order valence-corrected chi connectivity index (χ3v) is 2.81. The van der Waals surface area contributed by atoms with E-state index >= 15 is 0 Å².